The summed E-state index contributed by atoms with van der Waals surface area (Å²) in [6.07, 6.45) is 0.466. The van der Waals surface area contributed by atoms with Gasteiger partial charge >= 0.3 is 0 Å². The average molecular weight is 374 g/mol. The molecule has 0 saturated heterocycles. The molecule has 1 aromatic carbocycles. The predicted octanol–water partition coefficient (Wildman–Crippen LogP) is 5.01. The quantitative estimate of drug-likeness (QED) is 0.691. The first kappa shape index (κ1) is 13.0. The smallest absolute Gasteiger partial charge is 0.168 e. The molecule has 0 aliphatic carbocycles. The largest absolute Gasteiger partial charge is 0.294 e. The van der Waals surface area contributed by atoms with E-state index in [1.165, 1.54) is 0 Å². The molecule has 0 spiro atoms. The first-order valence-electron chi connectivity index (χ1n) is 5.10. The van der Waals surface area contributed by atoms with Crippen LogP contribution in [0.2, 0.25) is 0 Å². The standard InChI is InChI=1S/C13H10Br2OS/c1-8-10(3-2-4-11(8)14)12(16)7-9-5-6-13(15)17-9/h2-6H,7H2,1H3. The van der Waals surface area contributed by atoms with E-state index in [4.69, 9.17) is 0 Å². The van der Waals surface area contributed by atoms with Gasteiger partial charge in [-0.3, -0.25) is 4.79 Å². The lowest BCUT2D eigenvalue weighted by Crippen LogP contribution is -2.04. The summed E-state index contributed by atoms with van der Waals surface area (Å²) < 4.78 is 2.04. The van der Waals surface area contributed by atoms with Crippen LogP contribution in [0.5, 0.6) is 0 Å². The Kier molecular flexibility index (Phi) is 4.17. The van der Waals surface area contributed by atoms with E-state index in [1.807, 2.05) is 37.3 Å². The zero-order valence-electron chi connectivity index (χ0n) is 9.17. The van der Waals surface area contributed by atoms with Crippen LogP contribution in [0.25, 0.3) is 0 Å². The van der Waals surface area contributed by atoms with Crippen molar-refractivity contribution in [1.29, 1.82) is 0 Å². The van der Waals surface area contributed by atoms with E-state index in [0.717, 1.165) is 24.3 Å². The topological polar surface area (TPSA) is 17.1 Å². The number of thiophene rings is 1. The highest BCUT2D eigenvalue weighted by Crippen LogP contribution is 2.25. The molecule has 0 unspecified atom stereocenters. The van der Waals surface area contributed by atoms with Gasteiger partial charge in [0.2, 0.25) is 0 Å². The molecule has 0 bridgehead atoms. The van der Waals surface area contributed by atoms with E-state index < -0.39 is 0 Å². The van der Waals surface area contributed by atoms with E-state index in [2.05, 4.69) is 31.9 Å². The maximum Gasteiger partial charge on any atom is 0.168 e. The van der Waals surface area contributed by atoms with E-state index in [0.29, 0.717) is 6.42 Å². The van der Waals surface area contributed by atoms with Gasteiger partial charge < -0.3 is 0 Å². The highest BCUT2D eigenvalue weighted by molar-refractivity contribution is 9.11. The summed E-state index contributed by atoms with van der Waals surface area (Å²) in [4.78, 5) is 13.3. The summed E-state index contributed by atoms with van der Waals surface area (Å²) in [5.74, 6) is 0.165. The SMILES string of the molecule is Cc1c(Br)cccc1C(=O)Cc1ccc(Br)s1. The summed E-state index contributed by atoms with van der Waals surface area (Å²) in [7, 11) is 0. The number of carbonyl (C=O) groups excluding carboxylic acids is 1. The second kappa shape index (κ2) is 5.46. The molecule has 0 aliphatic rings. The van der Waals surface area contributed by atoms with Crippen molar-refractivity contribution in [1.82, 2.24) is 0 Å². The molecule has 0 N–H and O–H groups in total. The Morgan fingerprint density at radius 2 is 2.00 bits per heavy atom. The third-order valence-corrected chi connectivity index (χ3v) is 5.01. The number of Topliss-reactive ketones (excluding diaryl/α,β-unsaturated/α-hetero) is 1. The van der Waals surface area contributed by atoms with Gasteiger partial charge in [0.25, 0.3) is 0 Å². The Labute approximate surface area is 121 Å². The van der Waals surface area contributed by atoms with Crippen LogP contribution >= 0.6 is 43.2 Å². The van der Waals surface area contributed by atoms with Gasteiger partial charge in [0, 0.05) is 21.3 Å². The number of hydrogen-bond donors (Lipinski definition) is 0. The minimum absolute atomic E-state index is 0.165. The normalized spacial score (nSPS) is 10.5. The third kappa shape index (κ3) is 3.06. The molecule has 1 aromatic heterocycles. The summed E-state index contributed by atoms with van der Waals surface area (Å²) in [6, 6.07) is 9.69. The lowest BCUT2D eigenvalue weighted by atomic mass is 10.0. The molecule has 1 heterocycles. The number of halogens is 2. The Bertz CT molecular complexity index is 560. The van der Waals surface area contributed by atoms with Crippen molar-refractivity contribution in [3.63, 3.8) is 0 Å². The molecule has 17 heavy (non-hydrogen) atoms. The summed E-state index contributed by atoms with van der Waals surface area (Å²) in [5.41, 5.74) is 1.80. The fourth-order valence-corrected chi connectivity index (χ4v) is 3.46. The molecule has 0 fully saturated rings. The van der Waals surface area contributed by atoms with Crippen LogP contribution in [0.15, 0.2) is 38.6 Å². The Morgan fingerprint density at radius 1 is 1.24 bits per heavy atom. The van der Waals surface area contributed by atoms with Gasteiger partial charge in [-0.1, -0.05) is 28.1 Å². The van der Waals surface area contributed by atoms with Crippen molar-refractivity contribution >= 4 is 49.0 Å². The number of ketones is 1. The minimum atomic E-state index is 0.165. The second-order valence-electron chi connectivity index (χ2n) is 3.72. The summed E-state index contributed by atoms with van der Waals surface area (Å²) in [6.45, 7) is 1.96. The van der Waals surface area contributed by atoms with Crippen LogP contribution in [0.3, 0.4) is 0 Å². The van der Waals surface area contributed by atoms with Gasteiger partial charge in [0.15, 0.2) is 5.78 Å². The van der Waals surface area contributed by atoms with Gasteiger partial charge in [-0.25, -0.2) is 0 Å². The molecule has 0 amide bonds. The zero-order chi connectivity index (χ0) is 12.4. The molecule has 2 aromatic rings. The minimum Gasteiger partial charge on any atom is -0.294 e. The fourth-order valence-electron chi connectivity index (χ4n) is 1.61. The van der Waals surface area contributed by atoms with Gasteiger partial charge in [-0.2, -0.15) is 0 Å². The molecular weight excluding hydrogens is 364 g/mol. The maximum absolute atomic E-state index is 12.2. The second-order valence-corrected chi connectivity index (χ2v) is 7.12. The van der Waals surface area contributed by atoms with E-state index in [-0.39, 0.29) is 5.78 Å². The Hall–Kier alpha value is -0.450. The van der Waals surface area contributed by atoms with Gasteiger partial charge in [-0.15, -0.1) is 11.3 Å². The predicted molar refractivity (Wildman–Crippen MR) is 78.9 cm³/mol. The average Bonchev–Trinajstić information content (AvgIpc) is 2.68. The van der Waals surface area contributed by atoms with Crippen molar-refractivity contribution in [2.45, 2.75) is 13.3 Å². The maximum atomic E-state index is 12.2. The number of hydrogen-bond acceptors (Lipinski definition) is 2. The fraction of sp³-hybridized carbons (Fsp3) is 0.154. The zero-order valence-corrected chi connectivity index (χ0v) is 13.2. The van der Waals surface area contributed by atoms with E-state index in [9.17, 15) is 4.79 Å². The van der Waals surface area contributed by atoms with E-state index in [1.54, 1.807) is 11.3 Å². The summed E-state index contributed by atoms with van der Waals surface area (Å²) >= 11 is 8.46. The van der Waals surface area contributed by atoms with Crippen LogP contribution in [0.1, 0.15) is 20.8 Å². The molecular formula is C13H10Br2OS. The van der Waals surface area contributed by atoms with Gasteiger partial charge in [0.1, 0.15) is 0 Å². The van der Waals surface area contributed by atoms with Crippen LogP contribution < -0.4 is 0 Å². The van der Waals surface area contributed by atoms with Crippen molar-refractivity contribution in [2.24, 2.45) is 0 Å². The molecule has 0 radical (unpaired) electrons. The number of benzene rings is 1. The first-order valence-corrected chi connectivity index (χ1v) is 7.50. The molecule has 0 atom stereocenters. The molecule has 2 rings (SSSR count). The lowest BCUT2D eigenvalue weighted by molar-refractivity contribution is 0.0993. The number of rotatable bonds is 3. The molecule has 4 heteroatoms. The van der Waals surface area contributed by atoms with Crippen molar-refractivity contribution < 1.29 is 4.79 Å². The van der Waals surface area contributed by atoms with Crippen molar-refractivity contribution in [3.05, 3.63) is 54.6 Å². The Morgan fingerprint density at radius 3 is 2.65 bits per heavy atom. The first-order chi connectivity index (χ1) is 8.08. The van der Waals surface area contributed by atoms with Crippen LogP contribution in [0, 0.1) is 6.92 Å². The molecule has 1 nitrogen and oxygen atoms in total. The highest BCUT2D eigenvalue weighted by Gasteiger charge is 2.12. The summed E-state index contributed by atoms with van der Waals surface area (Å²) in [5, 5.41) is 0. The van der Waals surface area contributed by atoms with Crippen LogP contribution in [-0.4, -0.2) is 5.78 Å². The molecule has 88 valence electrons. The van der Waals surface area contributed by atoms with E-state index >= 15 is 0 Å². The molecule has 0 aliphatic heterocycles. The number of carbonyl (C=O) groups is 1. The van der Waals surface area contributed by atoms with Gasteiger partial charge in [-0.05, 0) is 46.6 Å². The van der Waals surface area contributed by atoms with Crippen molar-refractivity contribution in [2.75, 3.05) is 0 Å². The lowest BCUT2D eigenvalue weighted by Gasteiger charge is -2.05. The van der Waals surface area contributed by atoms with Crippen LogP contribution in [0.4, 0.5) is 0 Å². The van der Waals surface area contributed by atoms with Gasteiger partial charge in [0.05, 0.1) is 3.79 Å². The molecule has 0 saturated carbocycles. The van der Waals surface area contributed by atoms with Crippen LogP contribution in [-0.2, 0) is 6.42 Å². The van der Waals surface area contributed by atoms with Crippen molar-refractivity contribution in [3.8, 4) is 0 Å². The highest BCUT2D eigenvalue weighted by atomic mass is 79.9. The monoisotopic (exact) mass is 372 g/mol. The Balaban J connectivity index is 2.23. The third-order valence-electron chi connectivity index (χ3n) is 2.53.